The average molecular weight is 408 g/mol. The van der Waals surface area contributed by atoms with E-state index >= 15 is 0 Å². The van der Waals surface area contributed by atoms with Crippen molar-refractivity contribution in [1.29, 1.82) is 0 Å². The third-order valence-corrected chi connectivity index (χ3v) is 5.41. The number of imide groups is 1. The number of urea groups is 1. The van der Waals surface area contributed by atoms with Gasteiger partial charge in [0, 0.05) is 0 Å². The molecule has 0 radical (unpaired) electrons. The van der Waals surface area contributed by atoms with E-state index < -0.39 is 17.5 Å². The van der Waals surface area contributed by atoms with Crippen LogP contribution in [-0.2, 0) is 27.0 Å². The molecule has 0 spiro atoms. The Morgan fingerprint density at radius 1 is 1.03 bits per heavy atom. The van der Waals surface area contributed by atoms with E-state index in [2.05, 4.69) is 26.1 Å². The van der Waals surface area contributed by atoms with E-state index in [9.17, 15) is 14.4 Å². The second-order valence-corrected chi connectivity index (χ2v) is 8.69. The standard InChI is InChI=1S/C24H28N2O4/c1-6-30-20(27)17-9-7-16(8-10-17)15-26-21(28)24(5,25-22(26)29)19-13-11-18(12-14-19)23(2,3)4/h7-14H,6,15H2,1-5H3,(H,25,29). The summed E-state index contributed by atoms with van der Waals surface area (Å²) in [5, 5.41) is 2.83. The summed E-state index contributed by atoms with van der Waals surface area (Å²) < 4.78 is 4.97. The van der Waals surface area contributed by atoms with E-state index in [-0.39, 0.29) is 17.9 Å². The van der Waals surface area contributed by atoms with Gasteiger partial charge < -0.3 is 10.1 Å². The smallest absolute Gasteiger partial charge is 0.338 e. The van der Waals surface area contributed by atoms with Crippen LogP contribution in [0.2, 0.25) is 0 Å². The third kappa shape index (κ3) is 4.08. The van der Waals surface area contributed by atoms with Crippen molar-refractivity contribution in [2.75, 3.05) is 6.61 Å². The Hall–Kier alpha value is -3.15. The highest BCUT2D eigenvalue weighted by atomic mass is 16.5. The molecule has 0 aromatic heterocycles. The van der Waals surface area contributed by atoms with Crippen LogP contribution in [0.25, 0.3) is 0 Å². The Morgan fingerprint density at radius 3 is 2.17 bits per heavy atom. The maximum atomic E-state index is 13.2. The molecule has 6 heteroatoms. The zero-order valence-corrected chi connectivity index (χ0v) is 18.1. The van der Waals surface area contributed by atoms with Gasteiger partial charge in [0.2, 0.25) is 0 Å². The Bertz CT molecular complexity index is 958. The number of amides is 3. The van der Waals surface area contributed by atoms with Crippen LogP contribution in [0.3, 0.4) is 0 Å². The highest BCUT2D eigenvalue weighted by molar-refractivity contribution is 6.07. The van der Waals surface area contributed by atoms with Gasteiger partial charge in [-0.05, 0) is 48.1 Å². The van der Waals surface area contributed by atoms with Gasteiger partial charge in [-0.25, -0.2) is 9.59 Å². The summed E-state index contributed by atoms with van der Waals surface area (Å²) in [6.45, 7) is 10.3. The lowest BCUT2D eigenvalue weighted by Gasteiger charge is -2.24. The number of carbonyl (C=O) groups is 3. The maximum absolute atomic E-state index is 13.2. The molecule has 0 aliphatic carbocycles. The number of carbonyl (C=O) groups excluding carboxylic acids is 3. The van der Waals surface area contributed by atoms with Crippen molar-refractivity contribution in [2.24, 2.45) is 0 Å². The van der Waals surface area contributed by atoms with Crippen LogP contribution in [0.5, 0.6) is 0 Å². The molecule has 30 heavy (non-hydrogen) atoms. The zero-order valence-electron chi connectivity index (χ0n) is 18.1. The monoisotopic (exact) mass is 408 g/mol. The molecule has 0 saturated carbocycles. The number of nitrogens with zero attached hydrogens (tertiary/aromatic N) is 1. The molecule has 1 aliphatic rings. The average Bonchev–Trinajstić information content (AvgIpc) is 2.92. The van der Waals surface area contributed by atoms with Crippen LogP contribution in [0.15, 0.2) is 48.5 Å². The molecule has 2 aromatic carbocycles. The number of esters is 1. The van der Waals surface area contributed by atoms with Crippen LogP contribution < -0.4 is 5.32 Å². The number of rotatable bonds is 5. The number of hydrogen-bond acceptors (Lipinski definition) is 4. The maximum Gasteiger partial charge on any atom is 0.338 e. The first-order chi connectivity index (χ1) is 14.1. The van der Waals surface area contributed by atoms with Gasteiger partial charge >= 0.3 is 12.0 Å². The fourth-order valence-corrected chi connectivity index (χ4v) is 3.48. The molecule has 1 aliphatic heterocycles. The van der Waals surface area contributed by atoms with Crippen molar-refractivity contribution in [3.05, 3.63) is 70.8 Å². The van der Waals surface area contributed by atoms with Crippen molar-refractivity contribution < 1.29 is 19.1 Å². The van der Waals surface area contributed by atoms with Crippen molar-refractivity contribution in [3.63, 3.8) is 0 Å². The third-order valence-electron chi connectivity index (χ3n) is 5.41. The van der Waals surface area contributed by atoms with Crippen molar-refractivity contribution in [2.45, 2.75) is 52.1 Å². The molecule has 1 heterocycles. The Morgan fingerprint density at radius 2 is 1.63 bits per heavy atom. The fraction of sp³-hybridized carbons (Fsp3) is 0.375. The summed E-state index contributed by atoms with van der Waals surface area (Å²) in [7, 11) is 0. The molecule has 158 valence electrons. The minimum atomic E-state index is -1.11. The molecule has 1 fully saturated rings. The predicted octanol–water partition coefficient (Wildman–Crippen LogP) is 4.13. The van der Waals surface area contributed by atoms with Gasteiger partial charge in [-0.15, -0.1) is 0 Å². The van der Waals surface area contributed by atoms with E-state index in [0.29, 0.717) is 12.2 Å². The second-order valence-electron chi connectivity index (χ2n) is 8.69. The molecule has 3 amide bonds. The summed E-state index contributed by atoms with van der Waals surface area (Å²) in [6.07, 6.45) is 0. The second kappa shape index (κ2) is 7.94. The largest absolute Gasteiger partial charge is 0.462 e. The van der Waals surface area contributed by atoms with E-state index in [4.69, 9.17) is 4.74 Å². The highest BCUT2D eigenvalue weighted by Crippen LogP contribution is 2.31. The molecular weight excluding hydrogens is 380 g/mol. The van der Waals surface area contributed by atoms with Crippen molar-refractivity contribution in [3.8, 4) is 0 Å². The van der Waals surface area contributed by atoms with E-state index in [1.165, 1.54) is 4.90 Å². The lowest BCUT2D eigenvalue weighted by atomic mass is 9.84. The molecule has 6 nitrogen and oxygen atoms in total. The van der Waals surface area contributed by atoms with Gasteiger partial charge in [0.1, 0.15) is 5.54 Å². The first-order valence-electron chi connectivity index (χ1n) is 10.1. The summed E-state index contributed by atoms with van der Waals surface area (Å²) in [5.41, 5.74) is 1.97. The quantitative estimate of drug-likeness (QED) is 0.596. The number of ether oxygens (including phenoxy) is 1. The molecule has 1 atom stereocenters. The SMILES string of the molecule is CCOC(=O)c1ccc(CN2C(=O)NC(C)(c3ccc(C(C)(C)C)cc3)C2=O)cc1. The summed E-state index contributed by atoms with van der Waals surface area (Å²) >= 11 is 0. The Balaban J connectivity index is 1.78. The summed E-state index contributed by atoms with van der Waals surface area (Å²) in [5.74, 6) is -0.698. The van der Waals surface area contributed by atoms with Crippen LogP contribution >= 0.6 is 0 Å². The first-order valence-corrected chi connectivity index (χ1v) is 10.1. The van der Waals surface area contributed by atoms with Gasteiger partial charge in [0.05, 0.1) is 18.7 Å². The van der Waals surface area contributed by atoms with Gasteiger partial charge in [-0.1, -0.05) is 57.2 Å². The molecular formula is C24H28N2O4. The summed E-state index contributed by atoms with van der Waals surface area (Å²) in [6, 6.07) is 14.1. The number of benzene rings is 2. The van der Waals surface area contributed by atoms with Crippen LogP contribution in [-0.4, -0.2) is 29.4 Å². The van der Waals surface area contributed by atoms with Gasteiger partial charge in [-0.3, -0.25) is 9.69 Å². The lowest BCUT2D eigenvalue weighted by molar-refractivity contribution is -0.131. The normalized spacial score (nSPS) is 19.0. The summed E-state index contributed by atoms with van der Waals surface area (Å²) in [4.78, 5) is 38.7. The van der Waals surface area contributed by atoms with E-state index in [0.717, 1.165) is 16.7 Å². The predicted molar refractivity (Wildman–Crippen MR) is 114 cm³/mol. The zero-order chi connectivity index (χ0) is 22.1. The van der Waals surface area contributed by atoms with E-state index in [1.54, 1.807) is 38.1 Å². The Kier molecular flexibility index (Phi) is 5.70. The molecule has 2 aromatic rings. The number of nitrogens with one attached hydrogen (secondary N) is 1. The topological polar surface area (TPSA) is 75.7 Å². The molecule has 1 unspecified atom stereocenters. The minimum Gasteiger partial charge on any atom is -0.462 e. The fourth-order valence-electron chi connectivity index (χ4n) is 3.48. The van der Waals surface area contributed by atoms with Crippen LogP contribution in [0, 0.1) is 0 Å². The molecule has 3 rings (SSSR count). The highest BCUT2D eigenvalue weighted by Gasteiger charge is 2.48. The van der Waals surface area contributed by atoms with Crippen molar-refractivity contribution >= 4 is 17.9 Å². The van der Waals surface area contributed by atoms with Gasteiger partial charge in [0.15, 0.2) is 0 Å². The van der Waals surface area contributed by atoms with E-state index in [1.807, 2.05) is 24.3 Å². The van der Waals surface area contributed by atoms with Crippen LogP contribution in [0.1, 0.15) is 61.7 Å². The first kappa shape index (κ1) is 21.6. The van der Waals surface area contributed by atoms with Crippen molar-refractivity contribution in [1.82, 2.24) is 10.2 Å². The van der Waals surface area contributed by atoms with Crippen LogP contribution in [0.4, 0.5) is 4.79 Å². The van der Waals surface area contributed by atoms with Gasteiger partial charge in [0.25, 0.3) is 5.91 Å². The molecule has 1 saturated heterocycles. The minimum absolute atomic E-state index is 0.00408. The molecule has 1 N–H and O–H groups in total. The lowest BCUT2D eigenvalue weighted by Crippen LogP contribution is -2.40. The Labute approximate surface area is 177 Å². The molecule has 0 bridgehead atoms. The number of hydrogen-bond donors (Lipinski definition) is 1. The van der Waals surface area contributed by atoms with Gasteiger partial charge in [-0.2, -0.15) is 0 Å².